The minimum Gasteiger partial charge on any atom is -0.244 e. The molecule has 0 heterocycles. The minimum absolute atomic E-state index is 0.265. The van der Waals surface area contributed by atoms with Crippen LogP contribution in [-0.2, 0) is 0 Å². The molecule has 11 heavy (non-hydrogen) atoms. The van der Waals surface area contributed by atoms with Gasteiger partial charge in [0.1, 0.15) is 5.67 Å². The van der Waals surface area contributed by atoms with Crippen molar-refractivity contribution in [2.45, 2.75) is 52.1 Å². The Morgan fingerprint density at radius 2 is 2.09 bits per heavy atom. The van der Waals surface area contributed by atoms with E-state index in [2.05, 4.69) is 6.92 Å². The van der Waals surface area contributed by atoms with Crippen LogP contribution < -0.4 is 0 Å². The number of hydrogen-bond acceptors (Lipinski definition) is 0. The lowest BCUT2D eigenvalue weighted by Gasteiger charge is -2.39. The first-order chi connectivity index (χ1) is 5.09. The van der Waals surface area contributed by atoms with E-state index in [-0.39, 0.29) is 5.92 Å². The van der Waals surface area contributed by atoms with Crippen LogP contribution in [0, 0.1) is 11.8 Å². The van der Waals surface area contributed by atoms with Gasteiger partial charge in [0.25, 0.3) is 0 Å². The van der Waals surface area contributed by atoms with Gasteiger partial charge in [0, 0.05) is 0 Å². The largest absolute Gasteiger partial charge is 0.244 e. The molecule has 0 nitrogen and oxygen atoms in total. The van der Waals surface area contributed by atoms with Crippen LogP contribution in [0.15, 0.2) is 0 Å². The Hall–Kier alpha value is -0.0700. The molecule has 1 heteroatoms. The van der Waals surface area contributed by atoms with E-state index < -0.39 is 5.67 Å². The third-order valence-electron chi connectivity index (χ3n) is 3.44. The molecule has 1 rings (SSSR count). The maximum atomic E-state index is 13.9. The number of rotatable bonds is 1. The van der Waals surface area contributed by atoms with Crippen molar-refractivity contribution in [3.05, 3.63) is 0 Å². The molecule has 0 saturated heterocycles. The van der Waals surface area contributed by atoms with Crippen LogP contribution in [0.4, 0.5) is 4.39 Å². The standard InChI is InChI=1S/C10H19F/c1-4-9-7-5-6-8(2)10(9,3)11/h8-9H,4-7H2,1-3H3/t8?,9-,10+/m1/s1. The van der Waals surface area contributed by atoms with Gasteiger partial charge in [0.2, 0.25) is 0 Å². The third kappa shape index (κ3) is 1.57. The number of alkyl halides is 1. The van der Waals surface area contributed by atoms with Gasteiger partial charge in [0.15, 0.2) is 0 Å². The monoisotopic (exact) mass is 158 g/mol. The summed E-state index contributed by atoms with van der Waals surface area (Å²) in [7, 11) is 0. The Kier molecular flexibility index (Phi) is 2.56. The molecule has 0 amide bonds. The molecule has 1 aliphatic rings. The van der Waals surface area contributed by atoms with Gasteiger partial charge in [-0.05, 0) is 31.6 Å². The summed E-state index contributed by atoms with van der Waals surface area (Å²) in [6.45, 7) is 5.92. The summed E-state index contributed by atoms with van der Waals surface area (Å²) in [6.07, 6.45) is 4.38. The molecule has 0 N–H and O–H groups in total. The lowest BCUT2D eigenvalue weighted by Crippen LogP contribution is -2.39. The Balaban J connectivity index is 2.64. The van der Waals surface area contributed by atoms with E-state index in [4.69, 9.17) is 0 Å². The summed E-state index contributed by atoms with van der Waals surface area (Å²) < 4.78 is 13.9. The van der Waals surface area contributed by atoms with Gasteiger partial charge in [-0.15, -0.1) is 0 Å². The fourth-order valence-corrected chi connectivity index (χ4v) is 2.24. The zero-order chi connectivity index (χ0) is 8.48. The maximum Gasteiger partial charge on any atom is 0.113 e. The number of halogens is 1. The lowest BCUT2D eigenvalue weighted by atomic mass is 9.70. The SMILES string of the molecule is CC[C@@H]1CCCC(C)[C@]1(C)F. The van der Waals surface area contributed by atoms with Gasteiger partial charge >= 0.3 is 0 Å². The molecule has 66 valence electrons. The summed E-state index contributed by atoms with van der Waals surface area (Å²) in [6, 6.07) is 0. The van der Waals surface area contributed by atoms with E-state index >= 15 is 0 Å². The molecule has 0 aromatic rings. The number of hydrogen-bond donors (Lipinski definition) is 0. The van der Waals surface area contributed by atoms with Crippen molar-refractivity contribution >= 4 is 0 Å². The van der Waals surface area contributed by atoms with Gasteiger partial charge in [-0.2, -0.15) is 0 Å². The highest BCUT2D eigenvalue weighted by Gasteiger charge is 2.40. The molecular weight excluding hydrogens is 139 g/mol. The summed E-state index contributed by atoms with van der Waals surface area (Å²) in [5.41, 5.74) is -0.896. The zero-order valence-corrected chi connectivity index (χ0v) is 7.86. The zero-order valence-electron chi connectivity index (χ0n) is 7.86. The van der Waals surface area contributed by atoms with Crippen molar-refractivity contribution in [2.75, 3.05) is 0 Å². The fraction of sp³-hybridized carbons (Fsp3) is 1.00. The van der Waals surface area contributed by atoms with Crippen LogP contribution >= 0.6 is 0 Å². The molecule has 1 saturated carbocycles. The molecule has 1 aliphatic carbocycles. The predicted molar refractivity (Wildman–Crippen MR) is 46.3 cm³/mol. The van der Waals surface area contributed by atoms with Crippen molar-refractivity contribution in [3.8, 4) is 0 Å². The molecule has 1 unspecified atom stereocenters. The Morgan fingerprint density at radius 1 is 1.45 bits per heavy atom. The van der Waals surface area contributed by atoms with Gasteiger partial charge in [-0.1, -0.05) is 26.7 Å². The van der Waals surface area contributed by atoms with Crippen LogP contribution in [0.2, 0.25) is 0 Å². The topological polar surface area (TPSA) is 0 Å². The molecule has 0 aromatic heterocycles. The van der Waals surface area contributed by atoms with Crippen molar-refractivity contribution in [1.29, 1.82) is 0 Å². The summed E-state index contributed by atoms with van der Waals surface area (Å²) in [5.74, 6) is 0.576. The van der Waals surface area contributed by atoms with Crippen molar-refractivity contribution in [1.82, 2.24) is 0 Å². The van der Waals surface area contributed by atoms with Gasteiger partial charge in [-0.25, -0.2) is 4.39 Å². The van der Waals surface area contributed by atoms with E-state index in [9.17, 15) is 4.39 Å². The normalized spacial score (nSPS) is 45.8. The van der Waals surface area contributed by atoms with E-state index in [0.717, 1.165) is 19.3 Å². The molecule has 3 atom stereocenters. The van der Waals surface area contributed by atoms with Gasteiger partial charge in [-0.3, -0.25) is 0 Å². The fourth-order valence-electron chi connectivity index (χ4n) is 2.24. The molecular formula is C10H19F. The van der Waals surface area contributed by atoms with Crippen molar-refractivity contribution < 1.29 is 4.39 Å². The van der Waals surface area contributed by atoms with Crippen molar-refractivity contribution in [3.63, 3.8) is 0 Å². The Morgan fingerprint density at radius 3 is 2.55 bits per heavy atom. The molecule has 0 bridgehead atoms. The second-order valence-electron chi connectivity index (χ2n) is 4.09. The summed E-state index contributed by atoms with van der Waals surface area (Å²) in [5, 5.41) is 0. The van der Waals surface area contributed by atoms with Crippen LogP contribution in [0.1, 0.15) is 46.5 Å². The van der Waals surface area contributed by atoms with Crippen LogP contribution in [0.5, 0.6) is 0 Å². The molecule has 0 radical (unpaired) electrons. The summed E-state index contributed by atoms with van der Waals surface area (Å²) >= 11 is 0. The van der Waals surface area contributed by atoms with E-state index in [1.54, 1.807) is 6.92 Å². The highest BCUT2D eigenvalue weighted by atomic mass is 19.1. The summed E-state index contributed by atoms with van der Waals surface area (Å²) in [4.78, 5) is 0. The van der Waals surface area contributed by atoms with Crippen LogP contribution in [-0.4, -0.2) is 5.67 Å². The van der Waals surface area contributed by atoms with Gasteiger partial charge < -0.3 is 0 Å². The Bertz CT molecular complexity index is 129. The molecule has 0 aliphatic heterocycles. The second-order valence-corrected chi connectivity index (χ2v) is 4.09. The molecule has 0 spiro atoms. The van der Waals surface area contributed by atoms with Gasteiger partial charge in [0.05, 0.1) is 0 Å². The van der Waals surface area contributed by atoms with Crippen molar-refractivity contribution in [2.24, 2.45) is 11.8 Å². The highest BCUT2D eigenvalue weighted by Crippen LogP contribution is 2.42. The van der Waals surface area contributed by atoms with E-state index in [0.29, 0.717) is 5.92 Å². The lowest BCUT2D eigenvalue weighted by molar-refractivity contribution is 0.00364. The molecule has 0 aromatic carbocycles. The average Bonchev–Trinajstić information content (AvgIpc) is 1.95. The third-order valence-corrected chi connectivity index (χ3v) is 3.44. The predicted octanol–water partition coefficient (Wildman–Crippen LogP) is 3.56. The quantitative estimate of drug-likeness (QED) is 0.547. The smallest absolute Gasteiger partial charge is 0.113 e. The first kappa shape index (κ1) is 9.02. The minimum atomic E-state index is -0.896. The van der Waals surface area contributed by atoms with E-state index in [1.807, 2.05) is 6.92 Å². The second kappa shape index (κ2) is 3.12. The average molecular weight is 158 g/mol. The van der Waals surface area contributed by atoms with Crippen LogP contribution in [0.25, 0.3) is 0 Å². The first-order valence-corrected chi connectivity index (χ1v) is 4.78. The van der Waals surface area contributed by atoms with Crippen LogP contribution in [0.3, 0.4) is 0 Å². The van der Waals surface area contributed by atoms with E-state index in [1.165, 1.54) is 6.42 Å². The maximum absolute atomic E-state index is 13.9. The highest BCUT2D eigenvalue weighted by molar-refractivity contribution is 4.90. The Labute approximate surface area is 69.2 Å². The first-order valence-electron chi connectivity index (χ1n) is 4.78. The molecule has 1 fully saturated rings.